The van der Waals surface area contributed by atoms with Crippen molar-refractivity contribution >= 4 is 16.5 Å². The third-order valence-corrected chi connectivity index (χ3v) is 4.08. The van der Waals surface area contributed by atoms with E-state index in [2.05, 4.69) is 47.7 Å². The average Bonchev–Trinajstić information content (AvgIpc) is 2.95. The van der Waals surface area contributed by atoms with Gasteiger partial charge in [0, 0.05) is 29.2 Å². The van der Waals surface area contributed by atoms with E-state index in [0.29, 0.717) is 0 Å². The average molecular weight is 284 g/mol. The van der Waals surface area contributed by atoms with E-state index in [1.54, 1.807) is 0 Å². The second-order valence-corrected chi connectivity index (χ2v) is 5.65. The van der Waals surface area contributed by atoms with Crippen LogP contribution in [0.15, 0.2) is 30.5 Å². The van der Waals surface area contributed by atoms with Gasteiger partial charge in [-0.25, -0.2) is 0 Å². The zero-order chi connectivity index (χ0) is 14.5. The van der Waals surface area contributed by atoms with Gasteiger partial charge in [0.15, 0.2) is 0 Å². The van der Waals surface area contributed by atoms with Gasteiger partial charge >= 0.3 is 0 Å². The number of hydrogen-bond donors (Lipinski definition) is 2. The molecule has 3 heteroatoms. The summed E-state index contributed by atoms with van der Waals surface area (Å²) in [6.45, 7) is 5.05. The minimum absolute atomic E-state index is 0.811. The maximum atomic E-state index is 5.88. The van der Waals surface area contributed by atoms with E-state index in [-0.39, 0.29) is 0 Å². The van der Waals surface area contributed by atoms with Gasteiger partial charge in [-0.2, -0.15) is 0 Å². The minimum Gasteiger partial charge on any atom is -0.494 e. The first-order chi connectivity index (χ1) is 10.4. The fourth-order valence-electron chi connectivity index (χ4n) is 2.86. The zero-order valence-corrected chi connectivity index (χ0v) is 12.7. The minimum atomic E-state index is 0.811. The first-order valence-electron chi connectivity index (χ1n) is 8.02. The van der Waals surface area contributed by atoms with Gasteiger partial charge in [-0.15, -0.1) is 0 Å². The van der Waals surface area contributed by atoms with Gasteiger partial charge in [-0.05, 0) is 43.2 Å². The summed E-state index contributed by atoms with van der Waals surface area (Å²) in [5.74, 6) is 0.981. The molecule has 1 aliphatic rings. The van der Waals surface area contributed by atoms with Crippen LogP contribution in [0.3, 0.4) is 0 Å². The molecular weight excluding hydrogens is 260 g/mol. The van der Waals surface area contributed by atoms with Crippen molar-refractivity contribution in [1.82, 2.24) is 10.3 Å². The van der Waals surface area contributed by atoms with E-state index in [1.165, 1.54) is 34.9 Å². The molecule has 0 unspecified atom stereocenters. The molecule has 2 N–H and O–H groups in total. The molecule has 112 valence electrons. The Balaban J connectivity index is 1.80. The highest BCUT2D eigenvalue weighted by atomic mass is 16.5. The topological polar surface area (TPSA) is 37.0 Å². The van der Waals surface area contributed by atoms with Crippen LogP contribution in [0.1, 0.15) is 38.2 Å². The lowest BCUT2D eigenvalue weighted by Crippen LogP contribution is -2.19. The van der Waals surface area contributed by atoms with Crippen LogP contribution in [0.5, 0.6) is 5.75 Å². The Morgan fingerprint density at radius 3 is 3.00 bits per heavy atom. The van der Waals surface area contributed by atoms with Crippen molar-refractivity contribution in [3.63, 3.8) is 0 Å². The molecule has 21 heavy (non-hydrogen) atoms. The van der Waals surface area contributed by atoms with Crippen LogP contribution in [0.4, 0.5) is 0 Å². The van der Waals surface area contributed by atoms with Crippen molar-refractivity contribution in [3.05, 3.63) is 36.0 Å². The molecule has 0 saturated heterocycles. The Hall–Kier alpha value is -1.74. The molecule has 0 bridgehead atoms. The number of aromatic amines is 1. The molecule has 2 aromatic rings. The number of unbranched alkanes of at least 4 members (excludes halogenated alkanes) is 2. The lowest BCUT2D eigenvalue weighted by atomic mass is 10.00. The molecule has 0 saturated carbocycles. The Labute approximate surface area is 126 Å². The van der Waals surface area contributed by atoms with Crippen LogP contribution in [0, 0.1) is 0 Å². The number of ether oxygens (including phenoxy) is 1. The number of nitrogens with one attached hydrogen (secondary N) is 2. The summed E-state index contributed by atoms with van der Waals surface area (Å²) < 4.78 is 5.88. The molecule has 1 aromatic heterocycles. The standard InChI is InChI=1S/C18H24N2O/c1-2-3-4-11-21-15-5-6-18-16(12-15)17(13-20-18)14-7-9-19-10-8-14/h5-7,12-13,19-20H,2-4,8-11H2,1H3. The summed E-state index contributed by atoms with van der Waals surface area (Å²) in [6, 6.07) is 6.36. The molecule has 0 fully saturated rings. The number of fused-ring (bicyclic) bond motifs is 1. The summed E-state index contributed by atoms with van der Waals surface area (Å²) in [5, 5.41) is 4.64. The lowest BCUT2D eigenvalue weighted by molar-refractivity contribution is 0.306. The normalized spacial score (nSPS) is 15.2. The van der Waals surface area contributed by atoms with E-state index < -0.39 is 0 Å². The summed E-state index contributed by atoms with van der Waals surface area (Å²) in [4.78, 5) is 3.37. The number of rotatable bonds is 6. The number of H-pyrrole nitrogens is 1. The first-order valence-corrected chi connectivity index (χ1v) is 8.02. The van der Waals surface area contributed by atoms with E-state index >= 15 is 0 Å². The fourth-order valence-corrected chi connectivity index (χ4v) is 2.86. The fraction of sp³-hybridized carbons (Fsp3) is 0.444. The number of hydrogen-bond acceptors (Lipinski definition) is 2. The molecule has 0 atom stereocenters. The largest absolute Gasteiger partial charge is 0.494 e. The number of aromatic nitrogens is 1. The highest BCUT2D eigenvalue weighted by Crippen LogP contribution is 2.30. The molecule has 0 amide bonds. The van der Waals surface area contributed by atoms with Crippen molar-refractivity contribution in [3.8, 4) is 5.75 Å². The van der Waals surface area contributed by atoms with Crippen molar-refractivity contribution in [1.29, 1.82) is 0 Å². The van der Waals surface area contributed by atoms with Crippen molar-refractivity contribution in [2.75, 3.05) is 19.7 Å². The maximum absolute atomic E-state index is 5.88. The third-order valence-electron chi connectivity index (χ3n) is 4.08. The monoisotopic (exact) mass is 284 g/mol. The van der Waals surface area contributed by atoms with Crippen LogP contribution in [0.2, 0.25) is 0 Å². The Bertz CT molecular complexity index is 627. The smallest absolute Gasteiger partial charge is 0.120 e. The third kappa shape index (κ3) is 3.30. The summed E-state index contributed by atoms with van der Waals surface area (Å²) in [7, 11) is 0. The van der Waals surface area contributed by atoms with Crippen LogP contribution >= 0.6 is 0 Å². The van der Waals surface area contributed by atoms with Gasteiger partial charge in [0.05, 0.1) is 6.61 Å². The molecule has 3 nitrogen and oxygen atoms in total. The molecular formula is C18H24N2O. The van der Waals surface area contributed by atoms with E-state index in [1.807, 2.05) is 0 Å². The van der Waals surface area contributed by atoms with E-state index in [9.17, 15) is 0 Å². The molecule has 0 radical (unpaired) electrons. The molecule has 1 aliphatic heterocycles. The van der Waals surface area contributed by atoms with E-state index in [4.69, 9.17) is 4.74 Å². The van der Waals surface area contributed by atoms with Crippen molar-refractivity contribution in [2.45, 2.75) is 32.6 Å². The van der Waals surface area contributed by atoms with Crippen LogP contribution in [0.25, 0.3) is 16.5 Å². The second-order valence-electron chi connectivity index (χ2n) is 5.65. The summed E-state index contributed by atoms with van der Waals surface area (Å²) in [5.41, 5.74) is 3.94. The van der Waals surface area contributed by atoms with Gasteiger partial charge < -0.3 is 15.0 Å². The quantitative estimate of drug-likeness (QED) is 0.783. The van der Waals surface area contributed by atoms with E-state index in [0.717, 1.165) is 38.3 Å². The highest BCUT2D eigenvalue weighted by molar-refractivity contribution is 5.93. The van der Waals surface area contributed by atoms with Crippen LogP contribution in [-0.2, 0) is 0 Å². The Kier molecular flexibility index (Phi) is 4.61. The zero-order valence-electron chi connectivity index (χ0n) is 12.7. The second kappa shape index (κ2) is 6.81. The van der Waals surface area contributed by atoms with Crippen LogP contribution in [-0.4, -0.2) is 24.7 Å². The first kappa shape index (κ1) is 14.2. The molecule has 1 aromatic carbocycles. The van der Waals surface area contributed by atoms with Gasteiger partial charge in [-0.3, -0.25) is 0 Å². The van der Waals surface area contributed by atoms with Crippen molar-refractivity contribution in [2.24, 2.45) is 0 Å². The highest BCUT2D eigenvalue weighted by Gasteiger charge is 2.11. The van der Waals surface area contributed by atoms with Gasteiger partial charge in [0.25, 0.3) is 0 Å². The van der Waals surface area contributed by atoms with Gasteiger partial charge in [-0.1, -0.05) is 25.8 Å². The number of benzene rings is 1. The molecule has 3 rings (SSSR count). The predicted molar refractivity (Wildman–Crippen MR) is 88.8 cm³/mol. The summed E-state index contributed by atoms with van der Waals surface area (Å²) >= 11 is 0. The van der Waals surface area contributed by atoms with Crippen molar-refractivity contribution < 1.29 is 4.74 Å². The molecule has 0 spiro atoms. The van der Waals surface area contributed by atoms with Gasteiger partial charge in [0.2, 0.25) is 0 Å². The molecule has 0 aliphatic carbocycles. The predicted octanol–water partition coefficient (Wildman–Crippen LogP) is 4.11. The SMILES string of the molecule is CCCCCOc1ccc2[nH]cc(C3=CCNCC3)c2c1. The summed E-state index contributed by atoms with van der Waals surface area (Å²) in [6.07, 6.45) is 9.10. The Morgan fingerprint density at radius 1 is 1.24 bits per heavy atom. The maximum Gasteiger partial charge on any atom is 0.120 e. The lowest BCUT2D eigenvalue weighted by Gasteiger charge is -2.13. The molecule has 2 heterocycles. The van der Waals surface area contributed by atoms with Crippen LogP contribution < -0.4 is 10.1 Å². The van der Waals surface area contributed by atoms with Gasteiger partial charge in [0.1, 0.15) is 5.75 Å². The Morgan fingerprint density at radius 2 is 2.19 bits per heavy atom.